The van der Waals surface area contributed by atoms with Gasteiger partial charge in [0.05, 0.1) is 5.69 Å². The maximum absolute atomic E-state index is 6.16. The molecule has 0 saturated carbocycles. The Morgan fingerprint density at radius 2 is 1.95 bits per heavy atom. The Bertz CT molecular complexity index is 541. The normalized spacial score (nSPS) is 16.8. The first-order valence-corrected chi connectivity index (χ1v) is 6.57. The molecule has 1 aliphatic heterocycles. The van der Waals surface area contributed by atoms with E-state index >= 15 is 0 Å². The molecule has 100 valence electrons. The zero-order chi connectivity index (χ0) is 13.2. The molecule has 2 aromatic rings. The molecule has 1 fully saturated rings. The summed E-state index contributed by atoms with van der Waals surface area (Å²) < 4.78 is 0. The Morgan fingerprint density at radius 1 is 1.16 bits per heavy atom. The molecule has 0 spiro atoms. The number of nitrogen functional groups attached to an aromatic ring is 1. The van der Waals surface area contributed by atoms with Gasteiger partial charge in [-0.15, -0.1) is 0 Å². The van der Waals surface area contributed by atoms with E-state index in [-0.39, 0.29) is 0 Å². The lowest BCUT2D eigenvalue weighted by atomic mass is 10.1. The van der Waals surface area contributed by atoms with E-state index in [1.807, 2.05) is 6.07 Å². The van der Waals surface area contributed by atoms with Gasteiger partial charge in [0.1, 0.15) is 0 Å². The van der Waals surface area contributed by atoms with Gasteiger partial charge >= 0.3 is 0 Å². The fourth-order valence-corrected chi connectivity index (χ4v) is 2.46. The van der Waals surface area contributed by atoms with Crippen molar-refractivity contribution in [3.8, 4) is 11.3 Å². The van der Waals surface area contributed by atoms with Gasteiger partial charge in [-0.1, -0.05) is 0 Å². The van der Waals surface area contributed by atoms with E-state index < -0.39 is 0 Å². The molecule has 5 nitrogen and oxygen atoms in total. The first-order valence-electron chi connectivity index (χ1n) is 6.57. The molecule has 5 heteroatoms. The molecule has 0 unspecified atom stereocenters. The Balaban J connectivity index is 1.83. The molecule has 1 aliphatic rings. The van der Waals surface area contributed by atoms with Crippen LogP contribution in [-0.4, -0.2) is 48.3 Å². The number of aromatic amines is 1. The van der Waals surface area contributed by atoms with Crippen LogP contribution in [0.15, 0.2) is 30.5 Å². The van der Waals surface area contributed by atoms with Gasteiger partial charge in [0.2, 0.25) is 0 Å². The van der Waals surface area contributed by atoms with Crippen molar-refractivity contribution in [3.05, 3.63) is 30.5 Å². The van der Waals surface area contributed by atoms with Gasteiger partial charge in [0.15, 0.2) is 0 Å². The standard InChI is InChI=1S/C14H19N5/c1-18-6-8-19(9-7-18)11-2-3-12(13(15)10-11)14-4-5-16-17-14/h2-5,10H,6-9,15H2,1H3,(H,16,17). The molecule has 1 aromatic heterocycles. The Kier molecular flexibility index (Phi) is 3.13. The smallest absolute Gasteiger partial charge is 0.0670 e. The Hall–Kier alpha value is -2.01. The molecule has 1 aromatic carbocycles. The summed E-state index contributed by atoms with van der Waals surface area (Å²) in [5.41, 5.74) is 10.1. The van der Waals surface area contributed by atoms with E-state index in [1.54, 1.807) is 6.20 Å². The van der Waals surface area contributed by atoms with E-state index in [4.69, 9.17) is 5.73 Å². The number of likely N-dealkylation sites (N-methyl/N-ethyl adjacent to an activating group) is 1. The van der Waals surface area contributed by atoms with Crippen LogP contribution >= 0.6 is 0 Å². The number of aromatic nitrogens is 2. The third kappa shape index (κ3) is 2.42. The second-order valence-corrected chi connectivity index (χ2v) is 5.03. The molecule has 0 bridgehead atoms. The van der Waals surface area contributed by atoms with Gasteiger partial charge < -0.3 is 15.5 Å². The molecule has 3 N–H and O–H groups in total. The number of hydrogen-bond acceptors (Lipinski definition) is 4. The van der Waals surface area contributed by atoms with Gasteiger partial charge in [-0.3, -0.25) is 5.10 Å². The van der Waals surface area contributed by atoms with E-state index in [9.17, 15) is 0 Å². The van der Waals surface area contributed by atoms with Crippen LogP contribution in [-0.2, 0) is 0 Å². The summed E-state index contributed by atoms with van der Waals surface area (Å²) in [5.74, 6) is 0. The fourth-order valence-electron chi connectivity index (χ4n) is 2.46. The number of nitrogens with two attached hydrogens (primary N) is 1. The summed E-state index contributed by atoms with van der Waals surface area (Å²) in [6.07, 6.45) is 1.74. The first-order chi connectivity index (χ1) is 9.24. The number of benzene rings is 1. The minimum Gasteiger partial charge on any atom is -0.398 e. The highest BCUT2D eigenvalue weighted by Gasteiger charge is 2.15. The van der Waals surface area contributed by atoms with Crippen molar-refractivity contribution >= 4 is 11.4 Å². The van der Waals surface area contributed by atoms with Crippen molar-refractivity contribution in [2.75, 3.05) is 43.9 Å². The van der Waals surface area contributed by atoms with Gasteiger partial charge in [-0.25, -0.2) is 0 Å². The zero-order valence-corrected chi connectivity index (χ0v) is 11.1. The van der Waals surface area contributed by atoms with Crippen molar-refractivity contribution in [3.63, 3.8) is 0 Å². The third-order valence-electron chi connectivity index (χ3n) is 3.69. The largest absolute Gasteiger partial charge is 0.398 e. The molecule has 1 saturated heterocycles. The second-order valence-electron chi connectivity index (χ2n) is 5.03. The molecule has 19 heavy (non-hydrogen) atoms. The van der Waals surface area contributed by atoms with Crippen LogP contribution in [0.4, 0.5) is 11.4 Å². The van der Waals surface area contributed by atoms with Crippen molar-refractivity contribution in [2.24, 2.45) is 0 Å². The van der Waals surface area contributed by atoms with Crippen LogP contribution < -0.4 is 10.6 Å². The Morgan fingerprint density at radius 3 is 2.58 bits per heavy atom. The number of nitrogens with zero attached hydrogens (tertiary/aromatic N) is 3. The first kappa shape index (κ1) is 12.0. The van der Waals surface area contributed by atoms with Gasteiger partial charge in [-0.2, -0.15) is 5.10 Å². The quantitative estimate of drug-likeness (QED) is 0.799. The van der Waals surface area contributed by atoms with Gasteiger partial charge in [0, 0.05) is 49.3 Å². The summed E-state index contributed by atoms with van der Waals surface area (Å²) >= 11 is 0. The minimum absolute atomic E-state index is 0.792. The van der Waals surface area contributed by atoms with Crippen LogP contribution in [0.3, 0.4) is 0 Å². The molecule has 0 atom stereocenters. The van der Waals surface area contributed by atoms with E-state index in [0.717, 1.165) is 43.1 Å². The van der Waals surface area contributed by atoms with Crippen molar-refractivity contribution in [1.82, 2.24) is 15.1 Å². The number of H-pyrrole nitrogens is 1. The number of nitrogens with one attached hydrogen (secondary N) is 1. The van der Waals surface area contributed by atoms with Crippen LogP contribution in [0.5, 0.6) is 0 Å². The average Bonchev–Trinajstić information content (AvgIpc) is 2.93. The number of rotatable bonds is 2. The molecule has 2 heterocycles. The SMILES string of the molecule is CN1CCN(c2ccc(-c3ccn[nH]3)c(N)c2)CC1. The average molecular weight is 257 g/mol. The van der Waals surface area contributed by atoms with E-state index in [2.05, 4.69) is 45.2 Å². The van der Waals surface area contributed by atoms with E-state index in [0.29, 0.717) is 0 Å². The van der Waals surface area contributed by atoms with Gasteiger partial charge in [0.25, 0.3) is 0 Å². The monoisotopic (exact) mass is 257 g/mol. The predicted molar refractivity (Wildman–Crippen MR) is 78.1 cm³/mol. The molecule has 0 aliphatic carbocycles. The molecule has 0 radical (unpaired) electrons. The predicted octanol–water partition coefficient (Wildman–Crippen LogP) is 1.41. The van der Waals surface area contributed by atoms with Crippen LogP contribution in [0.2, 0.25) is 0 Å². The van der Waals surface area contributed by atoms with Crippen LogP contribution in [0.25, 0.3) is 11.3 Å². The summed E-state index contributed by atoms with van der Waals surface area (Å²) in [5, 5.41) is 6.91. The van der Waals surface area contributed by atoms with E-state index in [1.165, 1.54) is 5.69 Å². The van der Waals surface area contributed by atoms with Crippen molar-refractivity contribution < 1.29 is 0 Å². The number of anilines is 2. The van der Waals surface area contributed by atoms with Crippen molar-refractivity contribution in [2.45, 2.75) is 0 Å². The van der Waals surface area contributed by atoms with Crippen molar-refractivity contribution in [1.29, 1.82) is 0 Å². The lowest BCUT2D eigenvalue weighted by molar-refractivity contribution is 0.313. The summed E-state index contributed by atoms with van der Waals surface area (Å²) in [6.45, 7) is 4.31. The highest BCUT2D eigenvalue weighted by atomic mass is 15.2. The zero-order valence-electron chi connectivity index (χ0n) is 11.1. The minimum atomic E-state index is 0.792. The maximum atomic E-state index is 6.16. The number of piperazine rings is 1. The van der Waals surface area contributed by atoms with Crippen LogP contribution in [0.1, 0.15) is 0 Å². The third-order valence-corrected chi connectivity index (χ3v) is 3.69. The lowest BCUT2D eigenvalue weighted by Crippen LogP contribution is -2.44. The van der Waals surface area contributed by atoms with Gasteiger partial charge in [-0.05, 0) is 31.3 Å². The topological polar surface area (TPSA) is 61.2 Å². The molecular weight excluding hydrogens is 238 g/mol. The lowest BCUT2D eigenvalue weighted by Gasteiger charge is -2.34. The molecule has 3 rings (SSSR count). The Labute approximate surface area is 113 Å². The van der Waals surface area contributed by atoms with Crippen LogP contribution in [0, 0.1) is 0 Å². The second kappa shape index (κ2) is 4.93. The summed E-state index contributed by atoms with van der Waals surface area (Å²) in [6, 6.07) is 8.19. The fraction of sp³-hybridized carbons (Fsp3) is 0.357. The highest BCUT2D eigenvalue weighted by molar-refractivity contribution is 5.77. The molecule has 0 amide bonds. The summed E-state index contributed by atoms with van der Waals surface area (Å²) in [4.78, 5) is 4.73. The maximum Gasteiger partial charge on any atom is 0.0670 e. The molecular formula is C14H19N5. The summed E-state index contributed by atoms with van der Waals surface area (Å²) in [7, 11) is 2.16. The number of hydrogen-bond donors (Lipinski definition) is 2. The highest BCUT2D eigenvalue weighted by Crippen LogP contribution is 2.28.